The van der Waals surface area contributed by atoms with Gasteiger partial charge in [-0.3, -0.25) is 24.0 Å². The van der Waals surface area contributed by atoms with Crippen molar-refractivity contribution in [3.63, 3.8) is 0 Å². The Balaban J connectivity index is 2.89. The van der Waals surface area contributed by atoms with E-state index in [4.69, 9.17) is 11.5 Å². The van der Waals surface area contributed by atoms with Gasteiger partial charge in [-0.1, -0.05) is 0 Å². The van der Waals surface area contributed by atoms with Crippen LogP contribution in [0.15, 0.2) is 0 Å². The Morgan fingerprint density at radius 2 is 1.59 bits per heavy atom. The van der Waals surface area contributed by atoms with Gasteiger partial charge in [0.05, 0.1) is 25.3 Å². The van der Waals surface area contributed by atoms with Gasteiger partial charge in [0.2, 0.25) is 29.5 Å². The van der Waals surface area contributed by atoms with Crippen LogP contribution in [0.25, 0.3) is 0 Å². The highest BCUT2D eigenvalue weighted by atomic mass is 16.4. The van der Waals surface area contributed by atoms with E-state index in [1.54, 1.807) is 0 Å². The molecule has 222 valence electrons. The SMILES string of the molecule is C[C@H](N)C(=O)N[C@@H](CO)C(=O)N[C@H](C(=O)N[C@@H](CCCCN)C(=O)NCC(=O)N1CCC[C@H]1C(=O)O)[C@@H](C)O. The van der Waals surface area contributed by atoms with Crippen molar-refractivity contribution >= 4 is 35.5 Å². The highest BCUT2D eigenvalue weighted by Gasteiger charge is 2.35. The van der Waals surface area contributed by atoms with Gasteiger partial charge in [-0.2, -0.15) is 0 Å². The minimum Gasteiger partial charge on any atom is -0.480 e. The van der Waals surface area contributed by atoms with Crippen LogP contribution in [0.5, 0.6) is 0 Å². The van der Waals surface area contributed by atoms with E-state index < -0.39 is 85.0 Å². The van der Waals surface area contributed by atoms with Crippen LogP contribution in [0.3, 0.4) is 0 Å². The number of aliphatic carboxylic acids is 1. The first-order valence-electron chi connectivity index (χ1n) is 12.8. The van der Waals surface area contributed by atoms with E-state index in [0.29, 0.717) is 32.2 Å². The highest BCUT2D eigenvalue weighted by Crippen LogP contribution is 2.17. The molecule has 39 heavy (non-hydrogen) atoms. The van der Waals surface area contributed by atoms with E-state index in [2.05, 4.69) is 21.3 Å². The van der Waals surface area contributed by atoms with E-state index in [9.17, 15) is 44.1 Å². The zero-order chi connectivity index (χ0) is 29.7. The number of likely N-dealkylation sites (tertiary alicyclic amines) is 1. The Hall–Kier alpha value is -3.34. The molecule has 0 aromatic rings. The molecular formula is C23H41N7O9. The number of rotatable bonds is 16. The normalized spacial score (nSPS) is 18.7. The molecule has 16 heteroatoms. The minimum atomic E-state index is -1.56. The molecule has 0 radical (unpaired) electrons. The monoisotopic (exact) mass is 559 g/mol. The maximum absolute atomic E-state index is 13.0. The van der Waals surface area contributed by atoms with E-state index in [1.807, 2.05) is 0 Å². The number of carbonyl (C=O) groups excluding carboxylic acids is 5. The summed E-state index contributed by atoms with van der Waals surface area (Å²) in [6, 6.07) is -6.12. The summed E-state index contributed by atoms with van der Waals surface area (Å²) in [7, 11) is 0. The smallest absolute Gasteiger partial charge is 0.326 e. The zero-order valence-corrected chi connectivity index (χ0v) is 22.2. The first-order valence-corrected chi connectivity index (χ1v) is 12.8. The van der Waals surface area contributed by atoms with Crippen molar-refractivity contribution in [3.05, 3.63) is 0 Å². The largest absolute Gasteiger partial charge is 0.480 e. The number of hydrogen-bond donors (Lipinski definition) is 9. The fourth-order valence-electron chi connectivity index (χ4n) is 3.89. The van der Waals surface area contributed by atoms with Gasteiger partial charge in [0.1, 0.15) is 24.2 Å². The molecule has 1 aliphatic rings. The number of aliphatic hydroxyl groups excluding tert-OH is 2. The minimum absolute atomic E-state index is 0.120. The van der Waals surface area contributed by atoms with Crippen LogP contribution >= 0.6 is 0 Å². The van der Waals surface area contributed by atoms with Gasteiger partial charge >= 0.3 is 5.97 Å². The molecule has 1 fully saturated rings. The first kappa shape index (κ1) is 33.7. The lowest BCUT2D eigenvalue weighted by Crippen LogP contribution is -2.61. The maximum Gasteiger partial charge on any atom is 0.326 e. The number of nitrogens with zero attached hydrogens (tertiary/aromatic N) is 1. The first-order chi connectivity index (χ1) is 18.3. The third-order valence-electron chi connectivity index (χ3n) is 6.14. The van der Waals surface area contributed by atoms with Gasteiger partial charge in [0, 0.05) is 6.54 Å². The van der Waals surface area contributed by atoms with Crippen molar-refractivity contribution < 1.29 is 44.1 Å². The number of nitrogens with one attached hydrogen (secondary N) is 4. The quantitative estimate of drug-likeness (QED) is 0.0813. The molecule has 0 bridgehead atoms. The number of hydrogen-bond acceptors (Lipinski definition) is 10. The second kappa shape index (κ2) is 16.6. The Morgan fingerprint density at radius 3 is 2.13 bits per heavy atom. The molecule has 1 saturated heterocycles. The summed E-state index contributed by atoms with van der Waals surface area (Å²) in [6.07, 6.45) is 0.473. The van der Waals surface area contributed by atoms with Crippen LogP contribution in [0.4, 0.5) is 0 Å². The predicted octanol–water partition coefficient (Wildman–Crippen LogP) is -4.52. The van der Waals surface area contributed by atoms with Crippen LogP contribution in [0.2, 0.25) is 0 Å². The number of amides is 5. The standard InChI is InChI=1S/C23H41N7O9/c1-12(25)19(34)28-15(11-31)21(36)29-18(13(2)32)22(37)27-14(6-3-4-8-24)20(35)26-10-17(33)30-9-5-7-16(30)23(38)39/h12-16,18,31-32H,3-11,24-25H2,1-2H3,(H,26,35)(H,27,37)(H,28,34)(H,29,36)(H,38,39)/t12-,13+,14-,15-,16-,18-/m0/s1. The van der Waals surface area contributed by atoms with Crippen LogP contribution in [-0.2, 0) is 28.8 Å². The van der Waals surface area contributed by atoms with E-state index >= 15 is 0 Å². The molecule has 1 rings (SSSR count). The molecular weight excluding hydrogens is 518 g/mol. The topological polar surface area (TPSA) is 267 Å². The van der Waals surface area contributed by atoms with Crippen molar-refractivity contribution in [1.82, 2.24) is 26.2 Å². The van der Waals surface area contributed by atoms with Crippen LogP contribution in [0, 0.1) is 0 Å². The average molecular weight is 560 g/mol. The number of carbonyl (C=O) groups is 6. The van der Waals surface area contributed by atoms with Crippen LogP contribution in [0.1, 0.15) is 46.0 Å². The molecule has 5 amide bonds. The molecule has 0 aliphatic carbocycles. The summed E-state index contributed by atoms with van der Waals surface area (Å²) >= 11 is 0. The molecule has 6 atom stereocenters. The van der Waals surface area contributed by atoms with Gasteiger partial charge in [-0.05, 0) is 52.5 Å². The number of aliphatic hydroxyl groups is 2. The third-order valence-corrected chi connectivity index (χ3v) is 6.14. The van der Waals surface area contributed by atoms with Gasteiger partial charge in [0.15, 0.2) is 0 Å². The zero-order valence-electron chi connectivity index (χ0n) is 22.2. The number of carboxylic acids is 1. The van der Waals surface area contributed by atoms with Crippen molar-refractivity contribution in [2.45, 2.75) is 82.3 Å². The molecule has 1 aliphatic heterocycles. The molecule has 11 N–H and O–H groups in total. The Bertz CT molecular complexity index is 884. The summed E-state index contributed by atoms with van der Waals surface area (Å²) in [5, 5.41) is 38.2. The lowest BCUT2D eigenvalue weighted by molar-refractivity contribution is -0.148. The van der Waals surface area contributed by atoms with Crippen molar-refractivity contribution in [3.8, 4) is 0 Å². The van der Waals surface area contributed by atoms with Crippen molar-refractivity contribution in [2.75, 3.05) is 26.2 Å². The Labute approximate surface area is 226 Å². The van der Waals surface area contributed by atoms with Gasteiger partial charge in [-0.25, -0.2) is 4.79 Å². The molecule has 0 aromatic heterocycles. The predicted molar refractivity (Wildman–Crippen MR) is 136 cm³/mol. The third kappa shape index (κ3) is 10.7. The molecule has 0 aromatic carbocycles. The molecule has 0 saturated carbocycles. The number of carboxylic acid groups (broad SMARTS) is 1. The van der Waals surface area contributed by atoms with Gasteiger partial charge < -0.3 is 53.0 Å². The lowest BCUT2D eigenvalue weighted by atomic mass is 10.1. The van der Waals surface area contributed by atoms with Gasteiger partial charge in [-0.15, -0.1) is 0 Å². The molecule has 1 heterocycles. The summed E-state index contributed by atoms with van der Waals surface area (Å²) in [4.78, 5) is 75.2. The van der Waals surface area contributed by atoms with Crippen molar-refractivity contribution in [2.24, 2.45) is 11.5 Å². The average Bonchev–Trinajstić information content (AvgIpc) is 3.38. The Kier molecular flexibility index (Phi) is 14.3. The van der Waals surface area contributed by atoms with E-state index in [1.165, 1.54) is 18.7 Å². The number of nitrogens with two attached hydrogens (primary N) is 2. The molecule has 0 unspecified atom stereocenters. The molecule has 0 spiro atoms. The fraction of sp³-hybridized carbons (Fsp3) is 0.739. The summed E-state index contributed by atoms with van der Waals surface area (Å²) < 4.78 is 0. The van der Waals surface area contributed by atoms with Gasteiger partial charge in [0.25, 0.3) is 0 Å². The van der Waals surface area contributed by atoms with E-state index in [-0.39, 0.29) is 13.0 Å². The lowest BCUT2D eigenvalue weighted by Gasteiger charge is -2.27. The second-order valence-electron chi connectivity index (χ2n) is 9.41. The summed E-state index contributed by atoms with van der Waals surface area (Å²) in [5.74, 6) is -5.08. The Morgan fingerprint density at radius 1 is 0.949 bits per heavy atom. The maximum atomic E-state index is 13.0. The summed E-state index contributed by atoms with van der Waals surface area (Å²) in [6.45, 7) is 1.87. The second-order valence-corrected chi connectivity index (χ2v) is 9.41. The van der Waals surface area contributed by atoms with Crippen LogP contribution < -0.4 is 32.7 Å². The summed E-state index contributed by atoms with van der Waals surface area (Å²) in [5.41, 5.74) is 11.0. The molecule has 16 nitrogen and oxygen atoms in total. The van der Waals surface area contributed by atoms with Crippen molar-refractivity contribution in [1.29, 1.82) is 0 Å². The van der Waals surface area contributed by atoms with Crippen LogP contribution in [-0.4, -0.2) is 118 Å². The highest BCUT2D eigenvalue weighted by molar-refractivity contribution is 5.96. The fourth-order valence-corrected chi connectivity index (χ4v) is 3.89. The number of unbranched alkanes of at least 4 members (excludes halogenated alkanes) is 1. The van der Waals surface area contributed by atoms with E-state index in [0.717, 1.165) is 0 Å².